The van der Waals surface area contributed by atoms with Crippen LogP contribution in [0.25, 0.3) is 16.8 Å². The molecule has 3 heterocycles. The molecule has 0 atom stereocenters. The summed E-state index contributed by atoms with van der Waals surface area (Å²) in [5.41, 5.74) is 3.59. The van der Waals surface area contributed by atoms with Gasteiger partial charge in [0.25, 0.3) is 0 Å². The van der Waals surface area contributed by atoms with Crippen LogP contribution >= 0.6 is 0 Å². The maximum atomic E-state index is 11.9. The van der Waals surface area contributed by atoms with E-state index >= 15 is 0 Å². The molecule has 0 aliphatic carbocycles. The Hall–Kier alpha value is -2.70. The second kappa shape index (κ2) is 4.69. The maximum absolute atomic E-state index is 11.9. The zero-order valence-electron chi connectivity index (χ0n) is 12.3. The molecule has 0 bridgehead atoms. The van der Waals surface area contributed by atoms with Gasteiger partial charge >= 0.3 is 5.69 Å². The number of hydrogen-bond acceptors (Lipinski definition) is 5. The third-order valence-electron chi connectivity index (χ3n) is 3.35. The molecule has 3 rings (SSSR count). The Morgan fingerprint density at radius 1 is 1.14 bits per heavy atom. The largest absolute Gasteiger partial charge is 0.481 e. The van der Waals surface area contributed by atoms with E-state index < -0.39 is 0 Å². The predicted molar refractivity (Wildman–Crippen MR) is 77.6 cm³/mol. The molecule has 0 spiro atoms. The van der Waals surface area contributed by atoms with Gasteiger partial charge in [0.05, 0.1) is 7.11 Å². The quantitative estimate of drug-likeness (QED) is 0.769. The van der Waals surface area contributed by atoms with Gasteiger partial charge in [-0.15, -0.1) is 0 Å². The molecule has 0 aromatic carbocycles. The molecule has 0 amide bonds. The molecule has 0 aliphatic rings. The molecule has 0 saturated heterocycles. The summed E-state index contributed by atoms with van der Waals surface area (Å²) in [5.74, 6) is 0.996. The van der Waals surface area contributed by atoms with Crippen molar-refractivity contribution in [1.29, 1.82) is 0 Å². The van der Waals surface area contributed by atoms with Gasteiger partial charge in [0.1, 0.15) is 5.82 Å². The number of ether oxygens (including phenoxy) is 1. The first-order valence-corrected chi connectivity index (χ1v) is 6.49. The second-order valence-corrected chi connectivity index (χ2v) is 4.81. The topological polar surface area (TPSA) is 85.2 Å². The van der Waals surface area contributed by atoms with Gasteiger partial charge in [-0.25, -0.2) is 14.8 Å². The Balaban J connectivity index is 2.35. The fourth-order valence-corrected chi connectivity index (χ4v) is 2.41. The van der Waals surface area contributed by atoms with E-state index in [1.165, 1.54) is 4.52 Å². The molecule has 1 N–H and O–H groups in total. The highest BCUT2D eigenvalue weighted by Gasteiger charge is 2.17. The first kappa shape index (κ1) is 13.3. The van der Waals surface area contributed by atoms with Gasteiger partial charge in [0.15, 0.2) is 5.65 Å². The van der Waals surface area contributed by atoms with Crippen molar-refractivity contribution in [3.63, 3.8) is 0 Å². The van der Waals surface area contributed by atoms with Crippen molar-refractivity contribution >= 4 is 5.65 Å². The fourth-order valence-electron chi connectivity index (χ4n) is 2.41. The molecule has 3 aromatic rings. The van der Waals surface area contributed by atoms with Crippen LogP contribution in [0.4, 0.5) is 0 Å². The van der Waals surface area contributed by atoms with Crippen molar-refractivity contribution < 1.29 is 4.74 Å². The lowest BCUT2D eigenvalue weighted by molar-refractivity contribution is 0.397. The Bertz CT molecular complexity index is 894. The molecule has 0 aliphatic heterocycles. The van der Waals surface area contributed by atoms with E-state index in [0.29, 0.717) is 17.4 Å². The number of methoxy groups -OCH3 is 1. The average Bonchev–Trinajstić information content (AvgIpc) is 2.75. The van der Waals surface area contributed by atoms with Crippen LogP contribution in [0.15, 0.2) is 16.9 Å². The highest BCUT2D eigenvalue weighted by atomic mass is 16.5. The predicted octanol–water partition coefficient (Wildman–Crippen LogP) is 1.41. The number of pyridine rings is 1. The summed E-state index contributed by atoms with van der Waals surface area (Å²) in [4.78, 5) is 24.5. The Morgan fingerprint density at radius 2 is 1.90 bits per heavy atom. The minimum Gasteiger partial charge on any atom is -0.481 e. The van der Waals surface area contributed by atoms with Crippen LogP contribution in [0.2, 0.25) is 0 Å². The second-order valence-electron chi connectivity index (χ2n) is 4.81. The van der Waals surface area contributed by atoms with E-state index in [0.717, 1.165) is 22.5 Å². The van der Waals surface area contributed by atoms with Crippen molar-refractivity contribution in [2.45, 2.75) is 20.8 Å². The lowest BCUT2D eigenvalue weighted by atomic mass is 10.1. The van der Waals surface area contributed by atoms with Gasteiger partial charge in [-0.3, -0.25) is 5.10 Å². The molecule has 3 aromatic heterocycles. The van der Waals surface area contributed by atoms with Gasteiger partial charge < -0.3 is 4.74 Å². The highest BCUT2D eigenvalue weighted by Crippen LogP contribution is 2.29. The third-order valence-corrected chi connectivity index (χ3v) is 3.35. The van der Waals surface area contributed by atoms with E-state index in [-0.39, 0.29) is 5.69 Å². The van der Waals surface area contributed by atoms with Gasteiger partial charge in [0, 0.05) is 28.6 Å². The van der Waals surface area contributed by atoms with Crippen LogP contribution in [0.3, 0.4) is 0 Å². The minimum atomic E-state index is -0.369. The zero-order chi connectivity index (χ0) is 15.1. The monoisotopic (exact) mass is 285 g/mol. The van der Waals surface area contributed by atoms with E-state index in [2.05, 4.69) is 20.1 Å². The van der Waals surface area contributed by atoms with Gasteiger partial charge in [0.2, 0.25) is 5.88 Å². The van der Waals surface area contributed by atoms with Crippen LogP contribution in [-0.2, 0) is 0 Å². The number of aryl methyl sites for hydroxylation is 3. The number of fused-ring (bicyclic) bond motifs is 1. The number of nitrogens with one attached hydrogen (secondary N) is 1. The number of aromatic nitrogens is 5. The molecule has 0 fully saturated rings. The summed E-state index contributed by atoms with van der Waals surface area (Å²) in [5, 5.41) is 3.00. The van der Waals surface area contributed by atoms with E-state index in [9.17, 15) is 4.79 Å². The van der Waals surface area contributed by atoms with Crippen LogP contribution in [0.5, 0.6) is 5.88 Å². The summed E-state index contributed by atoms with van der Waals surface area (Å²) in [7, 11) is 1.58. The molecule has 7 heteroatoms. The number of H-pyrrole nitrogens is 1. The Labute approximate surface area is 120 Å². The normalized spacial score (nSPS) is 11.0. The number of nitrogens with zero attached hydrogens (tertiary/aromatic N) is 4. The molecule has 108 valence electrons. The van der Waals surface area contributed by atoms with Crippen molar-refractivity contribution in [2.75, 3.05) is 7.11 Å². The van der Waals surface area contributed by atoms with Crippen LogP contribution in [-0.4, -0.2) is 31.7 Å². The third kappa shape index (κ3) is 2.06. The van der Waals surface area contributed by atoms with Crippen molar-refractivity contribution in [3.8, 4) is 17.0 Å². The Morgan fingerprint density at radius 3 is 2.57 bits per heavy atom. The minimum absolute atomic E-state index is 0.369. The first-order valence-electron chi connectivity index (χ1n) is 6.49. The smallest absolute Gasteiger partial charge is 0.370 e. The van der Waals surface area contributed by atoms with E-state index in [1.54, 1.807) is 20.1 Å². The lowest BCUT2D eigenvalue weighted by Gasteiger charge is -2.06. The molecule has 0 unspecified atom stereocenters. The van der Waals surface area contributed by atoms with Gasteiger partial charge in [-0.1, -0.05) is 0 Å². The lowest BCUT2D eigenvalue weighted by Crippen LogP contribution is -2.19. The molecule has 0 radical (unpaired) electrons. The maximum Gasteiger partial charge on any atom is 0.370 e. The number of aromatic amines is 1. The SMILES string of the molecule is COc1ccc(-c2c(C)[nH]n3c(=O)nc(C)nc23)c(C)n1. The summed E-state index contributed by atoms with van der Waals surface area (Å²) in [6.07, 6.45) is 0. The summed E-state index contributed by atoms with van der Waals surface area (Å²) in [6, 6.07) is 3.71. The van der Waals surface area contributed by atoms with Gasteiger partial charge in [-0.05, 0) is 26.8 Å². The molecular weight excluding hydrogens is 270 g/mol. The van der Waals surface area contributed by atoms with Crippen LogP contribution in [0, 0.1) is 20.8 Å². The molecule has 7 nitrogen and oxygen atoms in total. The standard InChI is InChI=1S/C14H15N5O2/c1-7-10(5-6-11(15-7)21-4)12-8(2)18-19-13(12)16-9(3)17-14(19)20/h5-6,18H,1-4H3. The van der Waals surface area contributed by atoms with E-state index in [4.69, 9.17) is 4.74 Å². The van der Waals surface area contributed by atoms with Crippen LogP contribution < -0.4 is 10.4 Å². The summed E-state index contributed by atoms with van der Waals surface area (Å²) < 4.78 is 6.47. The summed E-state index contributed by atoms with van der Waals surface area (Å²) >= 11 is 0. The van der Waals surface area contributed by atoms with Crippen LogP contribution in [0.1, 0.15) is 17.2 Å². The molecular formula is C14H15N5O2. The number of hydrogen-bond donors (Lipinski definition) is 1. The van der Waals surface area contributed by atoms with Gasteiger partial charge in [-0.2, -0.15) is 9.50 Å². The average molecular weight is 285 g/mol. The zero-order valence-corrected chi connectivity index (χ0v) is 12.3. The molecule has 0 saturated carbocycles. The van der Waals surface area contributed by atoms with Crippen molar-refractivity contribution in [1.82, 2.24) is 24.6 Å². The van der Waals surface area contributed by atoms with Crippen molar-refractivity contribution in [2.24, 2.45) is 0 Å². The van der Waals surface area contributed by atoms with Crippen molar-refractivity contribution in [3.05, 3.63) is 39.8 Å². The first-order chi connectivity index (χ1) is 10.0. The summed E-state index contributed by atoms with van der Waals surface area (Å²) in [6.45, 7) is 5.49. The van der Waals surface area contributed by atoms with E-state index in [1.807, 2.05) is 19.9 Å². The number of rotatable bonds is 2. The Kier molecular flexibility index (Phi) is 2.97. The molecule has 21 heavy (non-hydrogen) atoms. The highest BCUT2D eigenvalue weighted by molar-refractivity contribution is 5.81. The fraction of sp³-hybridized carbons (Fsp3) is 0.286.